The number of phenolic OH excluding ortho intramolecular Hbond substituents is 1. The van der Waals surface area contributed by atoms with Crippen molar-refractivity contribution in [3.8, 4) is 11.5 Å². The minimum Gasteiger partial charge on any atom is -0.508 e. The number of hydrogen-bond donors (Lipinski definition) is 2. The molecule has 0 aromatic heterocycles. The zero-order valence-electron chi connectivity index (χ0n) is 17.7. The van der Waals surface area contributed by atoms with E-state index in [1.165, 1.54) is 36.4 Å². The second-order valence-electron chi connectivity index (χ2n) is 7.59. The second-order valence-corrected chi connectivity index (χ2v) is 8.40. The summed E-state index contributed by atoms with van der Waals surface area (Å²) >= 11 is 12.7. The van der Waals surface area contributed by atoms with Crippen LogP contribution in [0.3, 0.4) is 0 Å². The van der Waals surface area contributed by atoms with Crippen LogP contribution in [0, 0.1) is 11.6 Å². The third-order valence-corrected chi connectivity index (χ3v) is 5.95. The number of rotatable bonds is 9. The van der Waals surface area contributed by atoms with Gasteiger partial charge in [-0.25, -0.2) is 13.6 Å². The number of carboxylic acid groups (broad SMARTS) is 1. The Bertz CT molecular complexity index is 1130. The molecule has 0 fully saturated rings. The molecule has 3 rings (SSSR count). The van der Waals surface area contributed by atoms with E-state index < -0.39 is 30.1 Å². The van der Waals surface area contributed by atoms with Gasteiger partial charge in [0.1, 0.15) is 23.1 Å². The maximum absolute atomic E-state index is 15.7. The first-order valence-electron chi connectivity index (χ1n) is 10.3. The van der Waals surface area contributed by atoms with Crippen LogP contribution >= 0.6 is 23.2 Å². The summed E-state index contributed by atoms with van der Waals surface area (Å²) in [6.07, 6.45) is 1.32. The molecule has 0 radical (unpaired) electrons. The fourth-order valence-corrected chi connectivity index (χ4v) is 4.33. The van der Waals surface area contributed by atoms with Crippen LogP contribution in [0.4, 0.5) is 8.78 Å². The lowest BCUT2D eigenvalue weighted by Crippen LogP contribution is -2.09. The number of aromatic hydroxyl groups is 1. The lowest BCUT2D eigenvalue weighted by atomic mass is 9.85. The number of carboxylic acids is 1. The number of aliphatic carboxylic acids is 1. The van der Waals surface area contributed by atoms with Crippen LogP contribution in [-0.4, -0.2) is 22.8 Å². The predicted molar refractivity (Wildman–Crippen MR) is 124 cm³/mol. The Hall–Kier alpha value is -2.83. The van der Waals surface area contributed by atoms with Gasteiger partial charge in [0.2, 0.25) is 0 Å². The van der Waals surface area contributed by atoms with Gasteiger partial charge >= 0.3 is 5.97 Å². The van der Waals surface area contributed by atoms with E-state index in [4.69, 9.17) is 33.0 Å². The molecule has 0 heterocycles. The highest BCUT2D eigenvalue weighted by molar-refractivity contribution is 6.36. The van der Waals surface area contributed by atoms with E-state index in [1.54, 1.807) is 12.1 Å². The molecule has 8 heteroatoms. The molecule has 0 aliphatic rings. The zero-order valence-corrected chi connectivity index (χ0v) is 19.3. The molecule has 1 unspecified atom stereocenters. The lowest BCUT2D eigenvalue weighted by Gasteiger charge is -2.21. The average molecular weight is 495 g/mol. The number of benzene rings is 3. The number of carbonyl (C=O) groups is 1. The fourth-order valence-electron chi connectivity index (χ4n) is 3.72. The molecule has 33 heavy (non-hydrogen) atoms. The third-order valence-electron chi connectivity index (χ3n) is 5.28. The van der Waals surface area contributed by atoms with Crippen molar-refractivity contribution in [2.45, 2.75) is 32.1 Å². The molecule has 4 nitrogen and oxygen atoms in total. The highest BCUT2D eigenvalue weighted by Crippen LogP contribution is 2.39. The summed E-state index contributed by atoms with van der Waals surface area (Å²) in [6, 6.07) is 11.5. The monoisotopic (exact) mass is 494 g/mol. The highest BCUT2D eigenvalue weighted by Gasteiger charge is 2.24. The summed E-state index contributed by atoms with van der Waals surface area (Å²) in [7, 11) is 0. The average Bonchev–Trinajstić information content (AvgIpc) is 2.76. The Morgan fingerprint density at radius 2 is 1.70 bits per heavy atom. The fraction of sp³-hybridized carbons (Fsp3) is 0.240. The Morgan fingerprint density at radius 3 is 2.27 bits per heavy atom. The number of halogens is 4. The van der Waals surface area contributed by atoms with E-state index in [0.29, 0.717) is 17.5 Å². The molecule has 0 aliphatic heterocycles. The van der Waals surface area contributed by atoms with Crippen LogP contribution in [0.2, 0.25) is 10.0 Å². The lowest BCUT2D eigenvalue weighted by molar-refractivity contribution is -0.139. The SMILES string of the molecule is CCCC(c1ccc(F)cc1)c1c(O)ccc(Cc2c(Cl)cc(OCC(=O)O)cc2Cl)c1F. The van der Waals surface area contributed by atoms with E-state index in [1.807, 2.05) is 6.92 Å². The van der Waals surface area contributed by atoms with Crippen molar-refractivity contribution >= 4 is 29.2 Å². The first-order valence-corrected chi connectivity index (χ1v) is 11.0. The summed E-state index contributed by atoms with van der Waals surface area (Å²) in [5.41, 5.74) is 1.54. The molecule has 3 aromatic carbocycles. The van der Waals surface area contributed by atoms with Crippen LogP contribution in [0.1, 0.15) is 47.9 Å². The molecule has 3 aromatic rings. The van der Waals surface area contributed by atoms with Gasteiger partial charge in [-0.15, -0.1) is 0 Å². The molecule has 1 atom stereocenters. The first kappa shape index (κ1) is 24.8. The smallest absolute Gasteiger partial charge is 0.341 e. The van der Waals surface area contributed by atoms with Crippen molar-refractivity contribution < 1.29 is 28.5 Å². The van der Waals surface area contributed by atoms with Gasteiger partial charge in [0.15, 0.2) is 6.61 Å². The van der Waals surface area contributed by atoms with Crippen LogP contribution < -0.4 is 4.74 Å². The van der Waals surface area contributed by atoms with E-state index >= 15 is 4.39 Å². The second kappa shape index (κ2) is 10.9. The van der Waals surface area contributed by atoms with Crippen molar-refractivity contribution in [3.63, 3.8) is 0 Å². The Kier molecular flexibility index (Phi) is 8.16. The Morgan fingerprint density at radius 1 is 1.06 bits per heavy atom. The van der Waals surface area contributed by atoms with E-state index in [2.05, 4.69) is 0 Å². The van der Waals surface area contributed by atoms with Gasteiger partial charge in [0, 0.05) is 27.9 Å². The molecular weight excluding hydrogens is 473 g/mol. The van der Waals surface area contributed by atoms with Crippen LogP contribution in [0.5, 0.6) is 11.5 Å². The van der Waals surface area contributed by atoms with Gasteiger partial charge in [-0.3, -0.25) is 0 Å². The predicted octanol–water partition coefficient (Wildman–Crippen LogP) is 6.96. The van der Waals surface area contributed by atoms with Crippen molar-refractivity contribution in [1.29, 1.82) is 0 Å². The van der Waals surface area contributed by atoms with Crippen LogP contribution in [-0.2, 0) is 11.2 Å². The molecule has 0 aliphatic carbocycles. The van der Waals surface area contributed by atoms with Crippen molar-refractivity contribution in [2.75, 3.05) is 6.61 Å². The molecular formula is C25H22Cl2F2O4. The number of hydrogen-bond acceptors (Lipinski definition) is 3. The number of ether oxygens (including phenoxy) is 1. The normalized spacial score (nSPS) is 11.9. The summed E-state index contributed by atoms with van der Waals surface area (Å²) < 4.78 is 34.2. The van der Waals surface area contributed by atoms with E-state index in [-0.39, 0.29) is 39.1 Å². The van der Waals surface area contributed by atoms with E-state index in [0.717, 1.165) is 6.42 Å². The molecule has 0 spiro atoms. The minimum absolute atomic E-state index is 0.0399. The van der Waals surface area contributed by atoms with Gasteiger partial charge < -0.3 is 14.9 Å². The van der Waals surface area contributed by atoms with Crippen LogP contribution in [0.25, 0.3) is 0 Å². The quantitative estimate of drug-likeness (QED) is 0.337. The maximum atomic E-state index is 15.7. The third kappa shape index (κ3) is 5.95. The number of phenols is 1. The van der Waals surface area contributed by atoms with Gasteiger partial charge in [-0.1, -0.05) is 54.7 Å². The molecule has 0 saturated carbocycles. The van der Waals surface area contributed by atoms with E-state index in [9.17, 15) is 14.3 Å². The van der Waals surface area contributed by atoms with Gasteiger partial charge in [0.25, 0.3) is 0 Å². The Balaban J connectivity index is 1.98. The summed E-state index contributed by atoms with van der Waals surface area (Å²) in [5, 5.41) is 19.7. The molecule has 2 N–H and O–H groups in total. The topological polar surface area (TPSA) is 66.8 Å². The summed E-state index contributed by atoms with van der Waals surface area (Å²) in [4.78, 5) is 10.7. The first-order chi connectivity index (χ1) is 15.7. The van der Waals surface area contributed by atoms with Gasteiger partial charge in [-0.05, 0) is 53.4 Å². The highest BCUT2D eigenvalue weighted by atomic mass is 35.5. The molecule has 0 bridgehead atoms. The minimum atomic E-state index is -1.15. The largest absolute Gasteiger partial charge is 0.508 e. The van der Waals surface area contributed by atoms with Crippen molar-refractivity contribution in [1.82, 2.24) is 0 Å². The molecule has 0 amide bonds. The van der Waals surface area contributed by atoms with Crippen LogP contribution in [0.15, 0.2) is 48.5 Å². The van der Waals surface area contributed by atoms with Gasteiger partial charge in [0.05, 0.1) is 0 Å². The standard InChI is InChI=1S/C25H22Cl2F2O4/c1-2-3-18(14-4-7-16(28)8-5-14)24-22(30)9-6-15(25(24)29)10-19-20(26)11-17(12-21(19)27)33-13-23(31)32/h4-9,11-12,18,30H,2-3,10,13H2,1H3,(H,31,32). The maximum Gasteiger partial charge on any atom is 0.341 e. The summed E-state index contributed by atoms with van der Waals surface area (Å²) in [6.45, 7) is 1.40. The van der Waals surface area contributed by atoms with Gasteiger partial charge in [-0.2, -0.15) is 0 Å². The zero-order chi connectivity index (χ0) is 24.1. The molecule has 174 valence electrons. The Labute approximate surface area is 200 Å². The molecule has 0 saturated heterocycles. The summed E-state index contributed by atoms with van der Waals surface area (Å²) in [5.74, 6) is -2.60. The van der Waals surface area contributed by atoms with Crippen molar-refractivity contribution in [3.05, 3.63) is 92.5 Å². The van der Waals surface area contributed by atoms with Crippen molar-refractivity contribution in [2.24, 2.45) is 0 Å².